The number of carbonyl (C=O) groups is 2. The third-order valence-electron chi connectivity index (χ3n) is 3.28. The summed E-state index contributed by atoms with van der Waals surface area (Å²) >= 11 is 0. The smallest absolute Gasteiger partial charge is 0.337 e. The van der Waals surface area contributed by atoms with E-state index in [-0.39, 0.29) is 11.9 Å². The zero-order valence-electron chi connectivity index (χ0n) is 11.9. The van der Waals surface area contributed by atoms with Gasteiger partial charge in [-0.05, 0) is 35.9 Å². The van der Waals surface area contributed by atoms with Crippen molar-refractivity contribution in [2.75, 3.05) is 7.11 Å². The van der Waals surface area contributed by atoms with Crippen LogP contribution in [-0.2, 0) is 14.3 Å². The van der Waals surface area contributed by atoms with Gasteiger partial charge >= 0.3 is 11.9 Å². The number of ether oxygens (including phenoxy) is 2. The number of aliphatic imine (C=N–C) groups is 1. The summed E-state index contributed by atoms with van der Waals surface area (Å²) in [6.45, 7) is 0. The van der Waals surface area contributed by atoms with E-state index >= 15 is 0 Å². The van der Waals surface area contributed by atoms with Crippen LogP contribution in [0.25, 0.3) is 6.08 Å². The molecule has 0 bridgehead atoms. The van der Waals surface area contributed by atoms with Gasteiger partial charge in [0.2, 0.25) is 0 Å². The number of allylic oxidation sites excluding steroid dienone is 2. The quantitative estimate of drug-likeness (QED) is 0.620. The van der Waals surface area contributed by atoms with Gasteiger partial charge in [-0.2, -0.15) is 0 Å². The Labute approximate surface area is 127 Å². The molecule has 0 radical (unpaired) electrons. The molecule has 0 saturated carbocycles. The van der Waals surface area contributed by atoms with Crippen molar-refractivity contribution < 1.29 is 19.1 Å². The van der Waals surface area contributed by atoms with Gasteiger partial charge in [-0.25, -0.2) is 9.79 Å². The molecule has 0 N–H and O–H groups in total. The van der Waals surface area contributed by atoms with E-state index in [4.69, 9.17) is 4.74 Å². The number of hydrogen-bond acceptors (Lipinski definition) is 4. The summed E-state index contributed by atoms with van der Waals surface area (Å²) in [6, 6.07) is 6.68. The lowest BCUT2D eigenvalue weighted by molar-refractivity contribution is -0.118. The Morgan fingerprint density at radius 2 is 2.05 bits per heavy atom. The van der Waals surface area contributed by atoms with Gasteiger partial charge in [0.25, 0.3) is 0 Å². The van der Waals surface area contributed by atoms with E-state index in [0.29, 0.717) is 11.3 Å². The van der Waals surface area contributed by atoms with Crippen LogP contribution in [0.4, 0.5) is 0 Å². The van der Waals surface area contributed by atoms with Gasteiger partial charge in [-0.1, -0.05) is 24.3 Å². The molecule has 1 unspecified atom stereocenters. The van der Waals surface area contributed by atoms with Crippen molar-refractivity contribution in [1.29, 1.82) is 0 Å². The summed E-state index contributed by atoms with van der Waals surface area (Å²) < 4.78 is 10.3. The number of amides is 1. The largest absolute Gasteiger partial charge is 0.474 e. The van der Waals surface area contributed by atoms with Crippen molar-refractivity contribution in [2.45, 2.75) is 6.10 Å². The summed E-state index contributed by atoms with van der Waals surface area (Å²) in [6.07, 6.45) is 8.53. The molecule has 0 aromatic heterocycles. The molecule has 1 aromatic rings. The van der Waals surface area contributed by atoms with Crippen molar-refractivity contribution in [2.24, 2.45) is 4.99 Å². The first-order valence-electron chi connectivity index (χ1n) is 6.72. The molecule has 0 spiro atoms. The summed E-state index contributed by atoms with van der Waals surface area (Å²) in [5, 5.41) is 0. The Hall–Kier alpha value is -2.95. The monoisotopic (exact) mass is 295 g/mol. The highest BCUT2D eigenvalue weighted by Crippen LogP contribution is 2.20. The van der Waals surface area contributed by atoms with Crippen molar-refractivity contribution in [3.05, 3.63) is 65.5 Å². The van der Waals surface area contributed by atoms with E-state index in [1.54, 1.807) is 36.4 Å². The minimum Gasteiger partial charge on any atom is -0.474 e. The third-order valence-corrected chi connectivity index (χ3v) is 3.28. The number of hydrogen-bond donors (Lipinski definition) is 0. The molecule has 110 valence electrons. The molecule has 0 fully saturated rings. The van der Waals surface area contributed by atoms with Crippen LogP contribution in [0.15, 0.2) is 59.3 Å². The first-order valence-corrected chi connectivity index (χ1v) is 6.72. The summed E-state index contributed by atoms with van der Waals surface area (Å²) in [5.74, 6) is -0.639. The summed E-state index contributed by atoms with van der Waals surface area (Å²) in [5.41, 5.74) is 1.79. The van der Waals surface area contributed by atoms with E-state index in [1.165, 1.54) is 7.11 Å². The van der Waals surface area contributed by atoms with Gasteiger partial charge in [-0.15, -0.1) is 0 Å². The molecule has 0 saturated heterocycles. The Morgan fingerprint density at radius 1 is 1.27 bits per heavy atom. The lowest BCUT2D eigenvalue weighted by Crippen LogP contribution is -2.29. The van der Waals surface area contributed by atoms with Gasteiger partial charge < -0.3 is 9.47 Å². The number of methoxy groups -OCH3 is 1. The highest BCUT2D eigenvalue weighted by molar-refractivity contribution is 6.13. The van der Waals surface area contributed by atoms with Crippen LogP contribution in [0.2, 0.25) is 0 Å². The van der Waals surface area contributed by atoms with Gasteiger partial charge in [-0.3, -0.25) is 4.79 Å². The summed E-state index contributed by atoms with van der Waals surface area (Å²) in [4.78, 5) is 27.4. The fourth-order valence-electron chi connectivity index (χ4n) is 2.15. The average Bonchev–Trinajstić information content (AvgIpc) is 2.55. The molecular weight excluding hydrogens is 282 g/mol. The van der Waals surface area contributed by atoms with E-state index in [0.717, 1.165) is 5.56 Å². The Balaban J connectivity index is 1.85. The van der Waals surface area contributed by atoms with Crippen molar-refractivity contribution in [1.82, 2.24) is 0 Å². The second kappa shape index (κ2) is 5.81. The van der Waals surface area contributed by atoms with Gasteiger partial charge in [0.15, 0.2) is 11.9 Å². The van der Waals surface area contributed by atoms with Crippen LogP contribution in [0.3, 0.4) is 0 Å². The normalized spacial score (nSPS) is 21.1. The number of carbonyl (C=O) groups excluding carboxylic acids is 2. The van der Waals surface area contributed by atoms with E-state index in [2.05, 4.69) is 9.73 Å². The minimum atomic E-state index is -0.414. The lowest BCUT2D eigenvalue weighted by atomic mass is 10.1. The highest BCUT2D eigenvalue weighted by atomic mass is 16.5. The molecule has 1 aliphatic heterocycles. The van der Waals surface area contributed by atoms with Crippen LogP contribution in [-0.4, -0.2) is 30.8 Å². The maximum Gasteiger partial charge on any atom is 0.337 e. The van der Waals surface area contributed by atoms with Crippen molar-refractivity contribution >= 4 is 23.7 Å². The Kier molecular flexibility index (Phi) is 3.70. The molecular formula is C17H13NO4. The van der Waals surface area contributed by atoms with Crippen molar-refractivity contribution in [3.8, 4) is 0 Å². The number of rotatable bonds is 2. The number of fused-ring (bicyclic) bond motifs is 1. The first-order chi connectivity index (χ1) is 10.7. The molecule has 22 heavy (non-hydrogen) atoms. The summed E-state index contributed by atoms with van der Waals surface area (Å²) in [7, 11) is 1.33. The standard InChI is InChI=1S/C17H13NO4/c1-21-17(20)12-8-6-11(7-9-12)10-15-16(19)18-13-4-2-3-5-14(13)22-15/h2-10,14H,1H3/b15-10-. The molecule has 2 aliphatic rings. The number of benzene rings is 1. The van der Waals surface area contributed by atoms with Gasteiger partial charge in [0.05, 0.1) is 18.4 Å². The molecule has 5 nitrogen and oxygen atoms in total. The molecule has 3 rings (SSSR count). The predicted octanol–water partition coefficient (Wildman–Crippen LogP) is 2.31. The molecule has 1 atom stereocenters. The molecule has 1 heterocycles. The number of nitrogens with zero attached hydrogens (tertiary/aromatic N) is 1. The third kappa shape index (κ3) is 2.74. The van der Waals surface area contributed by atoms with Gasteiger partial charge in [0.1, 0.15) is 0 Å². The maximum absolute atomic E-state index is 12.0. The molecule has 1 amide bonds. The Morgan fingerprint density at radius 3 is 2.77 bits per heavy atom. The second-order valence-electron chi connectivity index (χ2n) is 4.75. The SMILES string of the molecule is COC(=O)c1ccc(/C=C2\OC3C=CC=CC3=NC2=O)cc1. The van der Waals surface area contributed by atoms with Crippen LogP contribution in [0.5, 0.6) is 0 Å². The second-order valence-corrected chi connectivity index (χ2v) is 4.75. The topological polar surface area (TPSA) is 65.0 Å². The van der Waals surface area contributed by atoms with Gasteiger partial charge in [0, 0.05) is 0 Å². The van der Waals surface area contributed by atoms with Crippen LogP contribution in [0, 0.1) is 0 Å². The maximum atomic E-state index is 12.0. The van der Waals surface area contributed by atoms with E-state index in [1.807, 2.05) is 18.2 Å². The van der Waals surface area contributed by atoms with E-state index in [9.17, 15) is 9.59 Å². The first kappa shape index (κ1) is 14.0. The highest BCUT2D eigenvalue weighted by Gasteiger charge is 2.26. The fourth-order valence-corrected chi connectivity index (χ4v) is 2.15. The van der Waals surface area contributed by atoms with E-state index < -0.39 is 11.9 Å². The average molecular weight is 295 g/mol. The lowest BCUT2D eigenvalue weighted by Gasteiger charge is -2.22. The van der Waals surface area contributed by atoms with Crippen molar-refractivity contribution in [3.63, 3.8) is 0 Å². The van der Waals surface area contributed by atoms with Crippen LogP contribution >= 0.6 is 0 Å². The zero-order valence-corrected chi connectivity index (χ0v) is 11.9. The molecule has 1 aromatic carbocycles. The molecule has 5 heteroatoms. The fraction of sp³-hybridized carbons (Fsp3) is 0.118. The Bertz CT molecular complexity index is 738. The van der Waals surface area contributed by atoms with Crippen LogP contribution < -0.4 is 0 Å². The molecule has 1 aliphatic carbocycles. The zero-order chi connectivity index (χ0) is 15.5. The minimum absolute atomic E-state index is 0.180. The van der Waals surface area contributed by atoms with Crippen LogP contribution in [0.1, 0.15) is 15.9 Å². The predicted molar refractivity (Wildman–Crippen MR) is 81.4 cm³/mol. The number of esters is 1.